The minimum Gasteiger partial charge on any atom is -0.391 e. The lowest BCUT2D eigenvalue weighted by Crippen LogP contribution is -2.40. The summed E-state index contributed by atoms with van der Waals surface area (Å²) < 4.78 is 0. The van der Waals surface area contributed by atoms with Gasteiger partial charge in [-0.05, 0) is 31.7 Å². The maximum absolute atomic E-state index is 10.9. The third-order valence-electron chi connectivity index (χ3n) is 3.71. The Balaban J connectivity index is 2.42. The van der Waals surface area contributed by atoms with E-state index in [0.29, 0.717) is 25.8 Å². The van der Waals surface area contributed by atoms with Crippen molar-refractivity contribution in [2.75, 3.05) is 0 Å². The average Bonchev–Trinajstić information content (AvgIpc) is 2.45. The van der Waals surface area contributed by atoms with Gasteiger partial charge in [0, 0.05) is 13.0 Å². The van der Waals surface area contributed by atoms with Gasteiger partial charge in [-0.15, -0.1) is 0 Å². The first kappa shape index (κ1) is 17.8. The second-order valence-electron chi connectivity index (χ2n) is 5.57. The largest absolute Gasteiger partial charge is 0.391 e. The van der Waals surface area contributed by atoms with Crippen molar-refractivity contribution in [3.05, 3.63) is 35.9 Å². The lowest BCUT2D eigenvalue weighted by atomic mass is 10.0. The molecule has 1 aromatic rings. The number of aliphatic hydroxyl groups excluding tert-OH is 1. The second-order valence-corrected chi connectivity index (χ2v) is 5.57. The zero-order valence-corrected chi connectivity index (χ0v) is 13.0. The van der Waals surface area contributed by atoms with E-state index in [9.17, 15) is 15.1 Å². The molecule has 1 rings (SSSR count). The van der Waals surface area contributed by atoms with Crippen molar-refractivity contribution >= 4 is 5.78 Å². The first-order chi connectivity index (χ1) is 10.0. The number of carbonyl (C=O) groups is 1. The number of hydrogen-bond donors (Lipinski definition) is 2. The van der Waals surface area contributed by atoms with Crippen molar-refractivity contribution in [1.82, 2.24) is 5.06 Å². The van der Waals surface area contributed by atoms with E-state index in [1.165, 1.54) is 5.06 Å². The molecule has 0 aliphatic heterocycles. The molecular formula is C17H27NO3. The van der Waals surface area contributed by atoms with Crippen LogP contribution in [0.4, 0.5) is 0 Å². The van der Waals surface area contributed by atoms with Crippen molar-refractivity contribution < 1.29 is 15.1 Å². The molecule has 0 bridgehead atoms. The Morgan fingerprint density at radius 2 is 1.90 bits per heavy atom. The number of Topliss-reactive ketones (excluding diaryl/α,β-unsaturated/α-hetero) is 1. The molecule has 21 heavy (non-hydrogen) atoms. The molecule has 0 fully saturated rings. The van der Waals surface area contributed by atoms with Gasteiger partial charge in [0.15, 0.2) is 0 Å². The number of carbonyl (C=O) groups excluding carboxylic acids is 1. The smallest absolute Gasteiger partial charge is 0.129 e. The third kappa shape index (κ3) is 6.85. The van der Waals surface area contributed by atoms with Crippen molar-refractivity contribution in [3.63, 3.8) is 0 Å². The fourth-order valence-electron chi connectivity index (χ4n) is 2.49. The summed E-state index contributed by atoms with van der Waals surface area (Å²) in [5.41, 5.74) is 1.02. The van der Waals surface area contributed by atoms with Crippen LogP contribution in [-0.4, -0.2) is 33.3 Å². The summed E-state index contributed by atoms with van der Waals surface area (Å²) in [6.07, 6.45) is 2.88. The first-order valence-electron chi connectivity index (χ1n) is 7.71. The van der Waals surface area contributed by atoms with Crippen molar-refractivity contribution in [1.29, 1.82) is 0 Å². The Labute approximate surface area is 127 Å². The molecule has 0 heterocycles. The molecule has 4 heteroatoms. The van der Waals surface area contributed by atoms with Crippen LogP contribution in [-0.2, 0) is 11.3 Å². The van der Waals surface area contributed by atoms with E-state index in [-0.39, 0.29) is 11.8 Å². The fraction of sp³-hybridized carbons (Fsp3) is 0.588. The van der Waals surface area contributed by atoms with Crippen LogP contribution in [0.15, 0.2) is 30.3 Å². The number of rotatable bonds is 10. The van der Waals surface area contributed by atoms with Gasteiger partial charge in [-0.1, -0.05) is 43.7 Å². The van der Waals surface area contributed by atoms with Crippen molar-refractivity contribution in [2.24, 2.45) is 0 Å². The number of benzene rings is 1. The highest BCUT2D eigenvalue weighted by molar-refractivity contribution is 5.75. The van der Waals surface area contributed by atoms with E-state index < -0.39 is 6.10 Å². The van der Waals surface area contributed by atoms with Crippen molar-refractivity contribution in [2.45, 2.75) is 64.6 Å². The van der Waals surface area contributed by atoms with Gasteiger partial charge in [-0.25, -0.2) is 0 Å². The molecule has 0 radical (unpaired) electrons. The predicted octanol–water partition coefficient (Wildman–Crippen LogP) is 3.17. The summed E-state index contributed by atoms with van der Waals surface area (Å²) in [6.45, 7) is 3.95. The summed E-state index contributed by atoms with van der Waals surface area (Å²) in [6, 6.07) is 9.43. The van der Waals surface area contributed by atoms with Crippen LogP contribution >= 0.6 is 0 Å². The number of nitrogens with zero attached hydrogens (tertiary/aromatic N) is 1. The number of unbranched alkanes of at least 4 members (excludes halogenated alkanes) is 1. The van der Waals surface area contributed by atoms with Crippen LogP contribution in [0.5, 0.6) is 0 Å². The molecule has 0 aliphatic rings. The van der Waals surface area contributed by atoms with Crippen LogP contribution in [0.2, 0.25) is 0 Å². The molecule has 0 aliphatic carbocycles. The van der Waals surface area contributed by atoms with Gasteiger partial charge >= 0.3 is 0 Å². The maximum Gasteiger partial charge on any atom is 0.129 e. The van der Waals surface area contributed by atoms with Gasteiger partial charge in [0.05, 0.1) is 12.1 Å². The van der Waals surface area contributed by atoms with E-state index >= 15 is 0 Å². The quantitative estimate of drug-likeness (QED) is 0.514. The minimum absolute atomic E-state index is 0.185. The average molecular weight is 293 g/mol. The summed E-state index contributed by atoms with van der Waals surface area (Å²) >= 11 is 0. The Morgan fingerprint density at radius 3 is 2.48 bits per heavy atom. The summed E-state index contributed by atoms with van der Waals surface area (Å²) in [7, 11) is 0. The number of ketones is 1. The standard InChI is InChI=1S/C17H27NO3/c1-3-16(17(20)12-8-7-9-14(2)19)18(21)13-15-10-5-4-6-11-15/h4-6,10-11,16-17,20-21H,3,7-9,12-13H2,1-2H3. The van der Waals surface area contributed by atoms with E-state index in [2.05, 4.69) is 0 Å². The normalized spacial score (nSPS) is 14.1. The number of aliphatic hydroxyl groups is 1. The zero-order chi connectivity index (χ0) is 15.7. The number of hydrogen-bond acceptors (Lipinski definition) is 4. The lowest BCUT2D eigenvalue weighted by molar-refractivity contribution is -0.164. The molecule has 2 atom stereocenters. The van der Waals surface area contributed by atoms with Gasteiger partial charge in [0.25, 0.3) is 0 Å². The summed E-state index contributed by atoms with van der Waals surface area (Å²) in [4.78, 5) is 10.9. The van der Waals surface area contributed by atoms with Crippen LogP contribution in [0, 0.1) is 0 Å². The lowest BCUT2D eigenvalue weighted by Gasteiger charge is -2.29. The SMILES string of the molecule is CCC(C(O)CCCCC(C)=O)N(O)Cc1ccccc1. The van der Waals surface area contributed by atoms with Gasteiger partial charge in [0.1, 0.15) is 5.78 Å². The Bertz CT molecular complexity index is 408. The van der Waals surface area contributed by atoms with Gasteiger partial charge in [0.2, 0.25) is 0 Å². The highest BCUT2D eigenvalue weighted by atomic mass is 16.5. The van der Waals surface area contributed by atoms with Crippen LogP contribution in [0.1, 0.15) is 51.5 Å². The molecule has 118 valence electrons. The van der Waals surface area contributed by atoms with E-state index in [1.54, 1.807) is 6.92 Å². The highest BCUT2D eigenvalue weighted by Gasteiger charge is 2.23. The Morgan fingerprint density at radius 1 is 1.24 bits per heavy atom. The molecule has 2 N–H and O–H groups in total. The van der Waals surface area contributed by atoms with Crippen LogP contribution in [0.25, 0.3) is 0 Å². The summed E-state index contributed by atoms with van der Waals surface area (Å²) in [5.74, 6) is 0.185. The molecule has 0 spiro atoms. The molecular weight excluding hydrogens is 266 g/mol. The van der Waals surface area contributed by atoms with Gasteiger partial charge < -0.3 is 15.1 Å². The van der Waals surface area contributed by atoms with E-state index in [0.717, 1.165) is 18.4 Å². The predicted molar refractivity (Wildman–Crippen MR) is 83.0 cm³/mol. The first-order valence-corrected chi connectivity index (χ1v) is 7.71. The topological polar surface area (TPSA) is 60.8 Å². The molecule has 1 aromatic carbocycles. The Hall–Kier alpha value is -1.23. The highest BCUT2D eigenvalue weighted by Crippen LogP contribution is 2.16. The van der Waals surface area contributed by atoms with E-state index in [1.807, 2.05) is 37.3 Å². The van der Waals surface area contributed by atoms with Gasteiger partial charge in [-0.3, -0.25) is 0 Å². The van der Waals surface area contributed by atoms with Gasteiger partial charge in [-0.2, -0.15) is 5.06 Å². The maximum atomic E-state index is 10.9. The third-order valence-corrected chi connectivity index (χ3v) is 3.71. The molecule has 4 nitrogen and oxygen atoms in total. The molecule has 2 unspecified atom stereocenters. The second kappa shape index (κ2) is 9.66. The monoisotopic (exact) mass is 293 g/mol. The Kier molecular flexibility index (Phi) is 8.20. The minimum atomic E-state index is -0.573. The molecule has 0 saturated carbocycles. The zero-order valence-electron chi connectivity index (χ0n) is 13.0. The fourth-order valence-corrected chi connectivity index (χ4v) is 2.49. The molecule has 0 amide bonds. The number of hydroxylamine groups is 2. The van der Waals surface area contributed by atoms with Crippen LogP contribution in [0.3, 0.4) is 0 Å². The summed E-state index contributed by atoms with van der Waals surface area (Å²) in [5, 5.41) is 21.7. The molecule has 0 aromatic heterocycles. The van der Waals surface area contributed by atoms with Crippen molar-refractivity contribution in [3.8, 4) is 0 Å². The van der Waals surface area contributed by atoms with Crippen LogP contribution < -0.4 is 0 Å². The van der Waals surface area contributed by atoms with E-state index in [4.69, 9.17) is 0 Å². The molecule has 0 saturated heterocycles.